The molecule has 6 heteroatoms. The van der Waals surface area contributed by atoms with Gasteiger partial charge in [0.2, 0.25) is 0 Å². The van der Waals surface area contributed by atoms with E-state index in [1.807, 2.05) is 0 Å². The van der Waals surface area contributed by atoms with Crippen molar-refractivity contribution in [2.45, 2.75) is 374 Å². The fourth-order valence-electron chi connectivity index (χ4n) is 10.0. The predicted molar refractivity (Wildman–Crippen MR) is 316 cm³/mol. The molecule has 1 atom stereocenters. The average molecular weight is 1030 g/mol. The number of esters is 3. The Bertz CT molecular complexity index is 1180. The molecule has 0 aliphatic rings. The van der Waals surface area contributed by atoms with Gasteiger partial charge >= 0.3 is 17.9 Å². The van der Waals surface area contributed by atoms with E-state index in [1.54, 1.807) is 0 Å². The Morgan fingerprint density at radius 1 is 0.274 bits per heavy atom. The Kier molecular flexibility index (Phi) is 60.6. The second-order valence-electron chi connectivity index (χ2n) is 22.4. The first-order valence-electron chi connectivity index (χ1n) is 32.8. The van der Waals surface area contributed by atoms with Crippen molar-refractivity contribution in [1.29, 1.82) is 0 Å². The van der Waals surface area contributed by atoms with Crippen molar-refractivity contribution in [1.82, 2.24) is 0 Å². The summed E-state index contributed by atoms with van der Waals surface area (Å²) in [6, 6.07) is 0. The largest absolute Gasteiger partial charge is 0.462 e. The molecule has 0 spiro atoms. The molecule has 0 aliphatic carbocycles. The first-order chi connectivity index (χ1) is 36.0. The highest BCUT2D eigenvalue weighted by atomic mass is 16.6. The summed E-state index contributed by atoms with van der Waals surface area (Å²) >= 11 is 0. The Hall–Kier alpha value is -2.11. The maximum absolute atomic E-state index is 12.9. The maximum Gasteiger partial charge on any atom is 0.306 e. The number of allylic oxidation sites excluding steroid dienone is 4. The highest BCUT2D eigenvalue weighted by Crippen LogP contribution is 2.18. The van der Waals surface area contributed by atoms with Gasteiger partial charge in [-0.1, -0.05) is 321 Å². The predicted octanol–water partition coefficient (Wildman–Crippen LogP) is 22.2. The van der Waals surface area contributed by atoms with Gasteiger partial charge in [-0.3, -0.25) is 14.4 Å². The third-order valence-electron chi connectivity index (χ3n) is 15.0. The van der Waals surface area contributed by atoms with Gasteiger partial charge < -0.3 is 14.2 Å². The van der Waals surface area contributed by atoms with Crippen molar-refractivity contribution < 1.29 is 28.6 Å². The summed E-state index contributed by atoms with van der Waals surface area (Å²) in [4.78, 5) is 38.2. The van der Waals surface area contributed by atoms with E-state index in [2.05, 4.69) is 45.1 Å². The van der Waals surface area contributed by atoms with E-state index >= 15 is 0 Å². The number of carbonyl (C=O) groups is 3. The summed E-state index contributed by atoms with van der Waals surface area (Å²) in [6.07, 6.45) is 74.8. The molecule has 0 aliphatic heterocycles. The fraction of sp³-hybridized carbons (Fsp3) is 0.896. The Balaban J connectivity index is 4.11. The van der Waals surface area contributed by atoms with E-state index < -0.39 is 6.10 Å². The summed E-state index contributed by atoms with van der Waals surface area (Å²) < 4.78 is 16.9. The van der Waals surface area contributed by atoms with Crippen LogP contribution in [0.2, 0.25) is 0 Å². The summed E-state index contributed by atoms with van der Waals surface area (Å²) in [7, 11) is 0. The van der Waals surface area contributed by atoms with Crippen LogP contribution in [0.3, 0.4) is 0 Å². The molecular formula is C67H126O6. The van der Waals surface area contributed by atoms with Gasteiger partial charge in [0.1, 0.15) is 13.2 Å². The normalized spacial score (nSPS) is 12.1. The van der Waals surface area contributed by atoms with Crippen molar-refractivity contribution in [3.63, 3.8) is 0 Å². The van der Waals surface area contributed by atoms with Crippen LogP contribution in [-0.4, -0.2) is 37.2 Å². The maximum atomic E-state index is 12.9. The summed E-state index contributed by atoms with van der Waals surface area (Å²) in [5.41, 5.74) is 0. The number of hydrogen-bond acceptors (Lipinski definition) is 6. The molecule has 0 saturated carbocycles. The van der Waals surface area contributed by atoms with Crippen molar-refractivity contribution in [2.75, 3.05) is 13.2 Å². The summed E-state index contributed by atoms with van der Waals surface area (Å²) in [6.45, 7) is 6.69. The van der Waals surface area contributed by atoms with Gasteiger partial charge in [-0.15, -0.1) is 0 Å². The zero-order chi connectivity index (χ0) is 52.9. The lowest BCUT2D eigenvalue weighted by Gasteiger charge is -2.18. The van der Waals surface area contributed by atoms with Crippen LogP contribution >= 0.6 is 0 Å². The number of ether oxygens (including phenoxy) is 3. The topological polar surface area (TPSA) is 78.9 Å². The van der Waals surface area contributed by atoms with Crippen molar-refractivity contribution >= 4 is 17.9 Å². The molecule has 6 nitrogen and oxygen atoms in total. The van der Waals surface area contributed by atoms with E-state index in [9.17, 15) is 14.4 Å². The van der Waals surface area contributed by atoms with Gasteiger partial charge in [0.05, 0.1) is 0 Å². The van der Waals surface area contributed by atoms with Gasteiger partial charge in [0, 0.05) is 19.3 Å². The summed E-state index contributed by atoms with van der Waals surface area (Å²) in [5, 5.41) is 0. The first kappa shape index (κ1) is 70.9. The van der Waals surface area contributed by atoms with E-state index in [0.717, 1.165) is 64.2 Å². The molecular weight excluding hydrogens is 901 g/mol. The molecule has 430 valence electrons. The van der Waals surface area contributed by atoms with Crippen LogP contribution in [-0.2, 0) is 28.6 Å². The molecule has 0 aromatic carbocycles. The van der Waals surface area contributed by atoms with Gasteiger partial charge in [-0.2, -0.15) is 0 Å². The van der Waals surface area contributed by atoms with Crippen LogP contribution in [0.5, 0.6) is 0 Å². The SMILES string of the molecule is CCCCCCC/C=C\C/C=C\CCCCCCCCCCCCCCCCCCCC(=O)OCC(COC(=O)CCCCCCCCCCCCCCC)OC(=O)CCCCCCCCCCCCCCC. The molecule has 0 aromatic heterocycles. The van der Waals surface area contributed by atoms with Gasteiger partial charge in [-0.25, -0.2) is 0 Å². The van der Waals surface area contributed by atoms with E-state index in [-0.39, 0.29) is 31.1 Å². The van der Waals surface area contributed by atoms with Crippen LogP contribution in [0, 0.1) is 0 Å². The molecule has 1 unspecified atom stereocenters. The third-order valence-corrected chi connectivity index (χ3v) is 15.0. The quantitative estimate of drug-likeness (QED) is 0.0261. The van der Waals surface area contributed by atoms with E-state index in [0.29, 0.717) is 19.3 Å². The zero-order valence-electron chi connectivity index (χ0n) is 49.4. The van der Waals surface area contributed by atoms with Gasteiger partial charge in [-0.05, 0) is 51.4 Å². The van der Waals surface area contributed by atoms with Crippen LogP contribution < -0.4 is 0 Å². The minimum atomic E-state index is -0.765. The van der Waals surface area contributed by atoms with E-state index in [4.69, 9.17) is 14.2 Å². The monoisotopic (exact) mass is 1030 g/mol. The highest BCUT2D eigenvalue weighted by Gasteiger charge is 2.19. The minimum absolute atomic E-state index is 0.0638. The third kappa shape index (κ3) is 60.6. The fourth-order valence-corrected chi connectivity index (χ4v) is 10.0. The van der Waals surface area contributed by atoms with Gasteiger partial charge in [0.25, 0.3) is 0 Å². The van der Waals surface area contributed by atoms with Crippen molar-refractivity contribution in [3.05, 3.63) is 24.3 Å². The molecule has 0 bridgehead atoms. The Morgan fingerprint density at radius 3 is 0.753 bits per heavy atom. The number of rotatable bonds is 61. The Morgan fingerprint density at radius 2 is 0.493 bits per heavy atom. The molecule has 0 fully saturated rings. The highest BCUT2D eigenvalue weighted by molar-refractivity contribution is 5.71. The molecule has 0 aromatic rings. The van der Waals surface area contributed by atoms with Crippen molar-refractivity contribution in [2.24, 2.45) is 0 Å². The minimum Gasteiger partial charge on any atom is -0.462 e. The van der Waals surface area contributed by atoms with Crippen molar-refractivity contribution in [3.8, 4) is 0 Å². The van der Waals surface area contributed by atoms with E-state index in [1.165, 1.54) is 263 Å². The van der Waals surface area contributed by atoms with Crippen LogP contribution in [0.25, 0.3) is 0 Å². The molecule has 0 N–H and O–H groups in total. The number of unbranched alkanes of at least 4 members (excludes halogenated alkanes) is 46. The van der Waals surface area contributed by atoms with Gasteiger partial charge in [0.15, 0.2) is 6.10 Å². The molecule has 0 rings (SSSR count). The number of hydrogen-bond donors (Lipinski definition) is 0. The lowest BCUT2D eigenvalue weighted by Crippen LogP contribution is -2.30. The number of carbonyl (C=O) groups excluding carboxylic acids is 3. The lowest BCUT2D eigenvalue weighted by molar-refractivity contribution is -0.167. The second-order valence-corrected chi connectivity index (χ2v) is 22.4. The average Bonchev–Trinajstić information content (AvgIpc) is 3.39. The smallest absolute Gasteiger partial charge is 0.306 e. The standard InChI is InChI=1S/C67H126O6/c1-4-7-10-13-16-19-22-25-26-27-28-29-30-31-32-33-34-35-36-37-38-39-40-43-45-48-51-54-57-60-66(69)72-63-64(73-67(70)61-58-55-52-49-46-42-24-21-18-15-12-9-6-3)62-71-65(68)59-56-53-50-47-44-41-23-20-17-14-11-8-5-2/h22,25,27-28,64H,4-21,23-24,26,29-63H2,1-3H3/b25-22-,28-27-. The lowest BCUT2D eigenvalue weighted by atomic mass is 10.0. The van der Waals surface area contributed by atoms with Crippen LogP contribution in [0.1, 0.15) is 367 Å². The summed E-state index contributed by atoms with van der Waals surface area (Å²) in [5.74, 6) is -0.836. The molecule has 0 saturated heterocycles. The molecule has 0 radical (unpaired) electrons. The molecule has 0 heterocycles. The zero-order valence-corrected chi connectivity index (χ0v) is 49.4. The molecule has 73 heavy (non-hydrogen) atoms. The molecule has 0 amide bonds. The Labute approximate surface area is 455 Å². The first-order valence-corrected chi connectivity index (χ1v) is 32.8. The van der Waals surface area contributed by atoms with Crippen LogP contribution in [0.4, 0.5) is 0 Å². The van der Waals surface area contributed by atoms with Crippen LogP contribution in [0.15, 0.2) is 24.3 Å². The second kappa shape index (κ2) is 62.4.